The number of benzene rings is 2. The molecule has 0 saturated heterocycles. The number of carbonyl (C=O) groups excluding carboxylic acids is 2. The van der Waals surface area contributed by atoms with Crippen molar-refractivity contribution in [2.45, 2.75) is 45.8 Å². The Hall–Kier alpha value is -2.53. The molecule has 6 heteroatoms. The van der Waals surface area contributed by atoms with Crippen LogP contribution in [0.2, 0.25) is 5.02 Å². The molecule has 27 heavy (non-hydrogen) atoms. The largest absolute Gasteiger partial charge is 0.481 e. The third-order valence-corrected chi connectivity index (χ3v) is 4.39. The molecule has 0 bridgehead atoms. The van der Waals surface area contributed by atoms with Gasteiger partial charge in [0.25, 0.3) is 11.8 Å². The Bertz CT molecular complexity index is 795. The minimum Gasteiger partial charge on any atom is -0.481 e. The molecule has 5 nitrogen and oxygen atoms in total. The molecule has 2 amide bonds. The van der Waals surface area contributed by atoms with Crippen molar-refractivity contribution in [3.63, 3.8) is 0 Å². The Balaban J connectivity index is 2.13. The molecule has 2 aromatic rings. The van der Waals surface area contributed by atoms with Gasteiger partial charge in [-0.3, -0.25) is 9.59 Å². The van der Waals surface area contributed by atoms with E-state index in [0.29, 0.717) is 28.4 Å². The first-order chi connectivity index (χ1) is 12.9. The van der Waals surface area contributed by atoms with Gasteiger partial charge < -0.3 is 15.4 Å². The molecule has 2 rings (SSSR count). The van der Waals surface area contributed by atoms with Crippen LogP contribution in [0.3, 0.4) is 0 Å². The average Bonchev–Trinajstić information content (AvgIpc) is 2.66. The normalized spacial score (nSPS) is 12.7. The maximum absolute atomic E-state index is 12.7. The fourth-order valence-corrected chi connectivity index (χ4v) is 2.61. The van der Waals surface area contributed by atoms with E-state index >= 15 is 0 Å². The van der Waals surface area contributed by atoms with Crippen LogP contribution >= 0.6 is 11.6 Å². The molecular formula is C21H25ClN2O3. The number of anilines is 1. The Morgan fingerprint density at radius 2 is 1.81 bits per heavy atom. The minimum atomic E-state index is -0.700. The zero-order valence-electron chi connectivity index (χ0n) is 15.8. The standard InChI is InChI=1S/C21H25ClN2O3/c1-4-14(3)23-20(25)17-11-6-7-12-18(17)24-21(26)19(5-2)27-16-10-8-9-15(22)13-16/h6-14,19H,4-5H2,1-3H3,(H,23,25)(H,24,26)/t14-,19+/m0/s1. The fraction of sp³-hybridized carbons (Fsp3) is 0.333. The summed E-state index contributed by atoms with van der Waals surface area (Å²) in [5.74, 6) is -0.0161. The van der Waals surface area contributed by atoms with Crippen LogP contribution < -0.4 is 15.4 Å². The summed E-state index contributed by atoms with van der Waals surface area (Å²) in [6.45, 7) is 5.79. The Kier molecular flexibility index (Phi) is 7.67. The highest BCUT2D eigenvalue weighted by molar-refractivity contribution is 6.30. The maximum atomic E-state index is 12.7. The molecule has 2 atom stereocenters. The lowest BCUT2D eigenvalue weighted by Crippen LogP contribution is -2.35. The van der Waals surface area contributed by atoms with Crippen molar-refractivity contribution in [3.8, 4) is 5.75 Å². The smallest absolute Gasteiger partial charge is 0.265 e. The Labute approximate surface area is 165 Å². The van der Waals surface area contributed by atoms with Crippen LogP contribution in [0.4, 0.5) is 5.69 Å². The van der Waals surface area contributed by atoms with Crippen LogP contribution in [-0.2, 0) is 4.79 Å². The first-order valence-electron chi connectivity index (χ1n) is 9.07. The second-order valence-electron chi connectivity index (χ2n) is 6.29. The molecule has 0 saturated carbocycles. The van der Waals surface area contributed by atoms with Gasteiger partial charge in [-0.15, -0.1) is 0 Å². The van der Waals surface area contributed by atoms with Crippen molar-refractivity contribution in [1.29, 1.82) is 0 Å². The van der Waals surface area contributed by atoms with Gasteiger partial charge in [0.1, 0.15) is 5.75 Å². The van der Waals surface area contributed by atoms with Gasteiger partial charge in [-0.2, -0.15) is 0 Å². The molecule has 0 heterocycles. The van der Waals surface area contributed by atoms with Crippen molar-refractivity contribution in [2.75, 3.05) is 5.32 Å². The number of halogens is 1. The maximum Gasteiger partial charge on any atom is 0.265 e. The lowest BCUT2D eigenvalue weighted by molar-refractivity contribution is -0.122. The molecule has 2 aromatic carbocycles. The van der Waals surface area contributed by atoms with Gasteiger partial charge in [0.15, 0.2) is 6.10 Å². The van der Waals surface area contributed by atoms with Gasteiger partial charge in [-0.25, -0.2) is 0 Å². The van der Waals surface area contributed by atoms with Crippen molar-refractivity contribution >= 4 is 29.1 Å². The Morgan fingerprint density at radius 3 is 2.48 bits per heavy atom. The summed E-state index contributed by atoms with van der Waals surface area (Å²) >= 11 is 5.96. The third kappa shape index (κ3) is 6.00. The molecule has 0 radical (unpaired) electrons. The highest BCUT2D eigenvalue weighted by Gasteiger charge is 2.21. The summed E-state index contributed by atoms with van der Waals surface area (Å²) in [7, 11) is 0. The number of rotatable bonds is 8. The second-order valence-corrected chi connectivity index (χ2v) is 6.73. The second kappa shape index (κ2) is 9.97. The van der Waals surface area contributed by atoms with Crippen LogP contribution in [0.15, 0.2) is 48.5 Å². The van der Waals surface area contributed by atoms with Crippen LogP contribution in [0.5, 0.6) is 5.75 Å². The summed E-state index contributed by atoms with van der Waals surface area (Å²) < 4.78 is 5.76. The van der Waals surface area contributed by atoms with Gasteiger partial charge in [0.05, 0.1) is 11.3 Å². The first kappa shape index (κ1) is 20.8. The molecular weight excluding hydrogens is 364 g/mol. The summed E-state index contributed by atoms with van der Waals surface area (Å²) in [6.07, 6.45) is 0.597. The number of nitrogens with one attached hydrogen (secondary N) is 2. The van der Waals surface area contributed by atoms with Crippen LogP contribution in [0, 0.1) is 0 Å². The number of ether oxygens (including phenoxy) is 1. The summed E-state index contributed by atoms with van der Waals surface area (Å²) in [6, 6.07) is 13.9. The van der Waals surface area contributed by atoms with E-state index in [1.54, 1.807) is 48.5 Å². The highest BCUT2D eigenvalue weighted by Crippen LogP contribution is 2.21. The van der Waals surface area contributed by atoms with Gasteiger partial charge >= 0.3 is 0 Å². The number of para-hydroxylation sites is 1. The molecule has 0 fully saturated rings. The molecule has 0 aromatic heterocycles. The van der Waals surface area contributed by atoms with Crippen molar-refractivity contribution in [2.24, 2.45) is 0 Å². The molecule has 0 unspecified atom stereocenters. The quantitative estimate of drug-likeness (QED) is 0.690. The van der Waals surface area contributed by atoms with Crippen LogP contribution in [0.25, 0.3) is 0 Å². The monoisotopic (exact) mass is 388 g/mol. The van der Waals surface area contributed by atoms with Crippen molar-refractivity contribution < 1.29 is 14.3 Å². The summed E-state index contributed by atoms with van der Waals surface area (Å²) in [5.41, 5.74) is 0.875. The first-order valence-corrected chi connectivity index (χ1v) is 9.45. The van der Waals surface area contributed by atoms with E-state index in [1.165, 1.54) is 0 Å². The van der Waals surface area contributed by atoms with E-state index in [9.17, 15) is 9.59 Å². The predicted octanol–water partition coefficient (Wildman–Crippen LogP) is 4.66. The van der Waals surface area contributed by atoms with Crippen LogP contribution in [-0.4, -0.2) is 24.0 Å². The SMILES string of the molecule is CC[C@H](C)NC(=O)c1ccccc1NC(=O)[C@@H](CC)Oc1cccc(Cl)c1. The van der Waals surface area contributed by atoms with Gasteiger partial charge in [-0.1, -0.05) is 43.6 Å². The molecule has 0 aliphatic carbocycles. The average molecular weight is 389 g/mol. The Morgan fingerprint density at radius 1 is 1.07 bits per heavy atom. The number of amides is 2. The van der Waals surface area contributed by atoms with Gasteiger partial charge in [0, 0.05) is 11.1 Å². The van der Waals surface area contributed by atoms with E-state index in [2.05, 4.69) is 10.6 Å². The zero-order valence-corrected chi connectivity index (χ0v) is 16.5. The van der Waals surface area contributed by atoms with Crippen molar-refractivity contribution in [1.82, 2.24) is 5.32 Å². The van der Waals surface area contributed by atoms with E-state index in [0.717, 1.165) is 6.42 Å². The lowest BCUT2D eigenvalue weighted by Gasteiger charge is -2.19. The summed E-state index contributed by atoms with van der Waals surface area (Å²) in [5, 5.41) is 6.26. The van der Waals surface area contributed by atoms with Crippen LogP contribution in [0.1, 0.15) is 44.0 Å². The van der Waals surface area contributed by atoms with E-state index in [-0.39, 0.29) is 17.9 Å². The number of hydrogen-bond donors (Lipinski definition) is 2. The van der Waals surface area contributed by atoms with E-state index in [4.69, 9.17) is 16.3 Å². The lowest BCUT2D eigenvalue weighted by atomic mass is 10.1. The topological polar surface area (TPSA) is 67.4 Å². The third-order valence-electron chi connectivity index (χ3n) is 4.16. The molecule has 0 spiro atoms. The van der Waals surface area contributed by atoms with Crippen molar-refractivity contribution in [3.05, 3.63) is 59.1 Å². The number of carbonyl (C=O) groups is 2. The fourth-order valence-electron chi connectivity index (χ4n) is 2.43. The van der Waals surface area contributed by atoms with E-state index < -0.39 is 6.10 Å². The number of hydrogen-bond acceptors (Lipinski definition) is 3. The van der Waals surface area contributed by atoms with Gasteiger partial charge in [0.2, 0.25) is 0 Å². The highest BCUT2D eigenvalue weighted by atomic mass is 35.5. The molecule has 0 aliphatic heterocycles. The molecule has 2 N–H and O–H groups in total. The predicted molar refractivity (Wildman–Crippen MR) is 108 cm³/mol. The minimum absolute atomic E-state index is 0.0517. The van der Waals surface area contributed by atoms with Gasteiger partial charge in [-0.05, 0) is 50.1 Å². The summed E-state index contributed by atoms with van der Waals surface area (Å²) in [4.78, 5) is 25.2. The van der Waals surface area contributed by atoms with E-state index in [1.807, 2.05) is 20.8 Å². The molecule has 144 valence electrons. The molecule has 0 aliphatic rings. The zero-order chi connectivity index (χ0) is 19.8.